The number of hydrogen-bond donors (Lipinski definition) is 2. The number of urea groups is 1. The molecular weight excluding hydrogens is 312 g/mol. The van der Waals surface area contributed by atoms with Crippen LogP contribution in [0.4, 0.5) is 10.5 Å². The van der Waals surface area contributed by atoms with Gasteiger partial charge in [-0.15, -0.1) is 0 Å². The van der Waals surface area contributed by atoms with Gasteiger partial charge in [0.2, 0.25) is 0 Å². The number of carboxylic acids is 1. The Hall–Kier alpha value is -2.57. The summed E-state index contributed by atoms with van der Waals surface area (Å²) in [5, 5.41) is 12.0. The van der Waals surface area contributed by atoms with Crippen LogP contribution in [0.25, 0.3) is 0 Å². The Morgan fingerprint density at radius 2 is 2.12 bits per heavy atom. The number of anilines is 1. The highest BCUT2D eigenvalue weighted by Gasteiger charge is 2.42. The zero-order chi connectivity index (χ0) is 17.7. The Kier molecular flexibility index (Phi) is 5.43. The SMILES string of the molecule is CCOC(=O)Cc1cccc(NC(=O)N2CCC(C)(C(=O)O)C2)c1. The largest absolute Gasteiger partial charge is 0.481 e. The Bertz CT molecular complexity index is 646. The van der Waals surface area contributed by atoms with Crippen LogP contribution in [0.3, 0.4) is 0 Å². The monoisotopic (exact) mass is 334 g/mol. The Balaban J connectivity index is 1.97. The van der Waals surface area contributed by atoms with E-state index in [1.54, 1.807) is 38.1 Å². The van der Waals surface area contributed by atoms with Crippen molar-refractivity contribution in [3.63, 3.8) is 0 Å². The molecule has 0 spiro atoms. The van der Waals surface area contributed by atoms with E-state index >= 15 is 0 Å². The van der Waals surface area contributed by atoms with Gasteiger partial charge in [0.15, 0.2) is 0 Å². The number of aliphatic carboxylic acids is 1. The highest BCUT2D eigenvalue weighted by molar-refractivity contribution is 5.90. The minimum absolute atomic E-state index is 0.137. The van der Waals surface area contributed by atoms with Gasteiger partial charge in [0.1, 0.15) is 0 Å². The molecule has 1 aliphatic rings. The lowest BCUT2D eigenvalue weighted by atomic mass is 9.90. The molecule has 1 atom stereocenters. The van der Waals surface area contributed by atoms with Crippen LogP contribution in [0.5, 0.6) is 0 Å². The normalized spacial score (nSPS) is 19.8. The first-order valence-corrected chi connectivity index (χ1v) is 7.88. The van der Waals surface area contributed by atoms with Crippen LogP contribution < -0.4 is 5.32 Å². The van der Waals surface area contributed by atoms with E-state index in [-0.39, 0.29) is 25.0 Å². The number of amides is 2. The van der Waals surface area contributed by atoms with Gasteiger partial charge in [0.05, 0.1) is 18.4 Å². The van der Waals surface area contributed by atoms with E-state index in [0.717, 1.165) is 5.56 Å². The van der Waals surface area contributed by atoms with E-state index < -0.39 is 11.4 Å². The van der Waals surface area contributed by atoms with Gasteiger partial charge in [0, 0.05) is 18.8 Å². The highest BCUT2D eigenvalue weighted by atomic mass is 16.5. The molecule has 1 aromatic carbocycles. The fourth-order valence-corrected chi connectivity index (χ4v) is 2.65. The van der Waals surface area contributed by atoms with Crippen molar-refractivity contribution in [3.8, 4) is 0 Å². The third-order valence-corrected chi connectivity index (χ3v) is 4.11. The maximum Gasteiger partial charge on any atom is 0.321 e. The number of nitrogens with one attached hydrogen (secondary N) is 1. The first kappa shape index (κ1) is 17.8. The maximum absolute atomic E-state index is 12.3. The van der Waals surface area contributed by atoms with Crippen molar-refractivity contribution in [2.45, 2.75) is 26.7 Å². The summed E-state index contributed by atoms with van der Waals surface area (Å²) in [6, 6.07) is 6.62. The van der Waals surface area contributed by atoms with Gasteiger partial charge in [-0.2, -0.15) is 0 Å². The van der Waals surface area contributed by atoms with Crippen LogP contribution in [-0.4, -0.2) is 47.7 Å². The van der Waals surface area contributed by atoms with Crippen molar-refractivity contribution in [2.24, 2.45) is 5.41 Å². The van der Waals surface area contributed by atoms with Crippen LogP contribution in [0.15, 0.2) is 24.3 Å². The molecular formula is C17H22N2O5. The second-order valence-corrected chi connectivity index (χ2v) is 6.15. The first-order chi connectivity index (χ1) is 11.3. The molecule has 0 radical (unpaired) electrons. The third-order valence-electron chi connectivity index (χ3n) is 4.11. The Morgan fingerprint density at radius 3 is 2.75 bits per heavy atom. The van der Waals surface area contributed by atoms with E-state index in [4.69, 9.17) is 4.74 Å². The number of hydrogen-bond acceptors (Lipinski definition) is 4. The van der Waals surface area contributed by atoms with Crippen LogP contribution >= 0.6 is 0 Å². The third kappa shape index (κ3) is 4.24. The average molecular weight is 334 g/mol. The summed E-state index contributed by atoms with van der Waals surface area (Å²) in [7, 11) is 0. The van der Waals surface area contributed by atoms with Crippen LogP contribution in [0.2, 0.25) is 0 Å². The summed E-state index contributed by atoms with van der Waals surface area (Å²) < 4.78 is 4.90. The topological polar surface area (TPSA) is 95.9 Å². The molecule has 0 aromatic heterocycles. The molecule has 2 rings (SSSR count). The molecule has 0 bridgehead atoms. The average Bonchev–Trinajstić information content (AvgIpc) is 2.92. The van der Waals surface area contributed by atoms with E-state index in [0.29, 0.717) is 25.3 Å². The zero-order valence-electron chi connectivity index (χ0n) is 13.9. The fraction of sp³-hybridized carbons (Fsp3) is 0.471. The number of benzene rings is 1. The molecule has 1 aromatic rings. The lowest BCUT2D eigenvalue weighted by Gasteiger charge is -2.20. The molecule has 130 valence electrons. The number of nitrogens with zero attached hydrogens (tertiary/aromatic N) is 1. The Labute approximate surface area is 140 Å². The van der Waals surface area contributed by atoms with Crippen LogP contribution in [-0.2, 0) is 20.7 Å². The van der Waals surface area contributed by atoms with Crippen LogP contribution in [0, 0.1) is 5.41 Å². The van der Waals surface area contributed by atoms with E-state index in [2.05, 4.69) is 5.32 Å². The fourth-order valence-electron chi connectivity index (χ4n) is 2.65. The number of carbonyl (C=O) groups excluding carboxylic acids is 2. The molecule has 1 fully saturated rings. The standard InChI is InChI=1S/C17H22N2O5/c1-3-24-14(20)10-12-5-4-6-13(9-12)18-16(23)19-8-7-17(2,11-19)15(21)22/h4-6,9H,3,7-8,10-11H2,1-2H3,(H,18,23)(H,21,22). The van der Waals surface area contributed by atoms with Crippen LogP contribution in [0.1, 0.15) is 25.8 Å². The molecule has 24 heavy (non-hydrogen) atoms. The summed E-state index contributed by atoms with van der Waals surface area (Å²) in [6.45, 7) is 4.29. The lowest BCUT2D eigenvalue weighted by molar-refractivity contribution is -0.147. The molecule has 0 aliphatic carbocycles. The van der Waals surface area contributed by atoms with E-state index in [1.807, 2.05) is 0 Å². The van der Waals surface area contributed by atoms with Gasteiger partial charge in [-0.3, -0.25) is 9.59 Å². The summed E-state index contributed by atoms with van der Waals surface area (Å²) in [6.07, 6.45) is 0.566. The van der Waals surface area contributed by atoms with E-state index in [9.17, 15) is 19.5 Å². The Morgan fingerprint density at radius 1 is 1.38 bits per heavy atom. The summed E-state index contributed by atoms with van der Waals surface area (Å²) >= 11 is 0. The number of rotatable bonds is 5. The number of carbonyl (C=O) groups is 3. The van der Waals surface area contributed by atoms with Crippen molar-refractivity contribution in [1.82, 2.24) is 4.90 Å². The van der Waals surface area contributed by atoms with E-state index in [1.165, 1.54) is 4.90 Å². The molecule has 2 amide bonds. The molecule has 1 saturated heterocycles. The highest BCUT2D eigenvalue weighted by Crippen LogP contribution is 2.30. The van der Waals surface area contributed by atoms with Crippen molar-refractivity contribution < 1.29 is 24.2 Å². The predicted octanol–water partition coefficient (Wildman–Crippen LogP) is 2.12. The van der Waals surface area contributed by atoms with Gasteiger partial charge in [-0.1, -0.05) is 12.1 Å². The minimum Gasteiger partial charge on any atom is -0.481 e. The second-order valence-electron chi connectivity index (χ2n) is 6.15. The van der Waals surface area contributed by atoms with Gasteiger partial charge < -0.3 is 20.1 Å². The predicted molar refractivity (Wildman–Crippen MR) is 87.7 cm³/mol. The summed E-state index contributed by atoms with van der Waals surface area (Å²) in [5.41, 5.74) is 0.400. The first-order valence-electron chi connectivity index (χ1n) is 7.88. The molecule has 1 unspecified atom stereocenters. The molecule has 7 nitrogen and oxygen atoms in total. The maximum atomic E-state index is 12.3. The van der Waals surface area contributed by atoms with Crippen molar-refractivity contribution in [3.05, 3.63) is 29.8 Å². The van der Waals surface area contributed by atoms with Gasteiger partial charge in [0.25, 0.3) is 0 Å². The molecule has 7 heteroatoms. The minimum atomic E-state index is -0.900. The molecule has 1 aliphatic heterocycles. The van der Waals surface area contributed by atoms with Crippen molar-refractivity contribution in [1.29, 1.82) is 0 Å². The molecule has 2 N–H and O–H groups in total. The molecule has 1 heterocycles. The number of likely N-dealkylation sites (tertiary alicyclic amines) is 1. The number of esters is 1. The number of carboxylic acid groups (broad SMARTS) is 1. The van der Waals surface area contributed by atoms with Crippen molar-refractivity contribution >= 4 is 23.7 Å². The van der Waals surface area contributed by atoms with Gasteiger partial charge >= 0.3 is 18.0 Å². The van der Waals surface area contributed by atoms with Crippen molar-refractivity contribution in [2.75, 3.05) is 25.0 Å². The summed E-state index contributed by atoms with van der Waals surface area (Å²) in [4.78, 5) is 36.5. The smallest absolute Gasteiger partial charge is 0.321 e. The lowest BCUT2D eigenvalue weighted by Crippen LogP contribution is -2.37. The zero-order valence-corrected chi connectivity index (χ0v) is 13.9. The van der Waals surface area contributed by atoms with Gasteiger partial charge in [-0.05, 0) is 38.0 Å². The summed E-state index contributed by atoms with van der Waals surface area (Å²) in [5.74, 6) is -1.22. The van der Waals surface area contributed by atoms with Gasteiger partial charge in [-0.25, -0.2) is 4.79 Å². The molecule has 0 saturated carbocycles. The quantitative estimate of drug-likeness (QED) is 0.804. The second kappa shape index (κ2) is 7.33. The number of ether oxygens (including phenoxy) is 1.